The summed E-state index contributed by atoms with van der Waals surface area (Å²) in [5, 5.41) is 0.903. The molecule has 2 N–H and O–H groups in total. The van der Waals surface area contributed by atoms with Gasteiger partial charge in [-0.1, -0.05) is 60.7 Å². The van der Waals surface area contributed by atoms with E-state index in [1.54, 1.807) is 0 Å². The topological polar surface area (TPSA) is 51.8 Å². The van der Waals surface area contributed by atoms with Crippen LogP contribution in [0.25, 0.3) is 33.2 Å². The second-order valence-corrected chi connectivity index (χ2v) is 5.41. The van der Waals surface area contributed by atoms with Crippen molar-refractivity contribution < 1.29 is 0 Å². The number of aromatic nitrogens is 2. The van der Waals surface area contributed by atoms with Crippen molar-refractivity contribution in [1.29, 1.82) is 0 Å². The molecule has 0 unspecified atom stereocenters. The van der Waals surface area contributed by atoms with Crippen molar-refractivity contribution in [2.75, 3.05) is 5.73 Å². The van der Waals surface area contributed by atoms with Gasteiger partial charge in [-0.3, -0.25) is 0 Å². The molecule has 0 saturated heterocycles. The lowest BCUT2D eigenvalue weighted by molar-refractivity contribution is 1.23. The molecule has 0 amide bonds. The highest BCUT2D eigenvalue weighted by Gasteiger charge is 2.09. The third-order valence-electron chi connectivity index (χ3n) is 3.97. The van der Waals surface area contributed by atoms with E-state index in [2.05, 4.69) is 52.4 Å². The van der Waals surface area contributed by atoms with Crippen LogP contribution in [-0.2, 0) is 0 Å². The molecule has 1 aromatic heterocycles. The van der Waals surface area contributed by atoms with Gasteiger partial charge >= 0.3 is 0 Å². The fourth-order valence-electron chi connectivity index (χ4n) is 2.87. The molecule has 4 aromatic rings. The number of nitrogens with two attached hydrogens (primary N) is 1. The van der Waals surface area contributed by atoms with Crippen LogP contribution in [-0.4, -0.2) is 9.97 Å². The number of benzene rings is 3. The molecule has 0 atom stereocenters. The van der Waals surface area contributed by atoms with Gasteiger partial charge in [-0.2, -0.15) is 0 Å². The molecule has 23 heavy (non-hydrogen) atoms. The predicted molar refractivity (Wildman–Crippen MR) is 94.8 cm³/mol. The van der Waals surface area contributed by atoms with Crippen LogP contribution in [0.2, 0.25) is 0 Å². The minimum atomic E-state index is 0.510. The van der Waals surface area contributed by atoms with E-state index in [0.29, 0.717) is 5.82 Å². The fourth-order valence-corrected chi connectivity index (χ4v) is 2.87. The van der Waals surface area contributed by atoms with E-state index >= 15 is 0 Å². The second kappa shape index (κ2) is 5.54. The molecule has 0 fully saturated rings. The molecule has 0 aliphatic heterocycles. The molecule has 4 rings (SSSR count). The van der Waals surface area contributed by atoms with Crippen LogP contribution >= 0.6 is 0 Å². The molecule has 0 spiro atoms. The summed E-state index contributed by atoms with van der Waals surface area (Å²) < 4.78 is 0. The summed E-state index contributed by atoms with van der Waals surface area (Å²) in [6.07, 6.45) is 1.50. The normalized spacial score (nSPS) is 10.8. The number of hydrogen-bond donors (Lipinski definition) is 1. The van der Waals surface area contributed by atoms with Gasteiger partial charge in [-0.15, -0.1) is 0 Å². The lowest BCUT2D eigenvalue weighted by Gasteiger charge is -2.10. The summed E-state index contributed by atoms with van der Waals surface area (Å²) in [6, 6.07) is 24.8. The lowest BCUT2D eigenvalue weighted by atomic mass is 9.96. The molecular formula is C20H15N3. The summed E-state index contributed by atoms with van der Waals surface area (Å²) >= 11 is 0. The van der Waals surface area contributed by atoms with Gasteiger partial charge in [-0.25, -0.2) is 9.97 Å². The number of anilines is 1. The highest BCUT2D eigenvalue weighted by molar-refractivity contribution is 6.01. The summed E-state index contributed by atoms with van der Waals surface area (Å²) in [6.45, 7) is 0. The van der Waals surface area contributed by atoms with Gasteiger partial charge in [0.1, 0.15) is 12.1 Å². The van der Waals surface area contributed by atoms with E-state index in [1.165, 1.54) is 17.5 Å². The first-order chi connectivity index (χ1) is 11.3. The summed E-state index contributed by atoms with van der Waals surface area (Å²) in [7, 11) is 0. The largest absolute Gasteiger partial charge is 0.383 e. The Bertz CT molecular complexity index is 973. The van der Waals surface area contributed by atoms with Crippen molar-refractivity contribution in [1.82, 2.24) is 9.97 Å². The van der Waals surface area contributed by atoms with E-state index in [9.17, 15) is 0 Å². The van der Waals surface area contributed by atoms with Crippen LogP contribution in [0.1, 0.15) is 0 Å². The first kappa shape index (κ1) is 13.5. The van der Waals surface area contributed by atoms with Gasteiger partial charge in [-0.05, 0) is 34.4 Å². The first-order valence-electron chi connectivity index (χ1n) is 7.48. The third kappa shape index (κ3) is 2.42. The molecule has 3 nitrogen and oxygen atoms in total. The zero-order chi connectivity index (χ0) is 15.6. The highest BCUT2D eigenvalue weighted by atomic mass is 14.9. The van der Waals surface area contributed by atoms with Gasteiger partial charge in [0.2, 0.25) is 0 Å². The molecule has 3 heteroatoms. The van der Waals surface area contributed by atoms with Crippen molar-refractivity contribution >= 4 is 16.7 Å². The summed E-state index contributed by atoms with van der Waals surface area (Å²) in [5.41, 5.74) is 11.5. The Morgan fingerprint density at radius 3 is 2.26 bits per heavy atom. The smallest absolute Gasteiger partial charge is 0.135 e. The fraction of sp³-hybridized carbons (Fsp3) is 0. The summed E-state index contributed by atoms with van der Waals surface area (Å²) in [5.74, 6) is 0.510. The SMILES string of the molecule is Nc1ncnc2cccc(-c3cccc(-c4ccccc4)c3)c12. The van der Waals surface area contributed by atoms with Crippen LogP contribution in [0.3, 0.4) is 0 Å². The van der Waals surface area contributed by atoms with Crippen LogP contribution in [0.15, 0.2) is 79.1 Å². The molecule has 110 valence electrons. The molecular weight excluding hydrogens is 282 g/mol. The number of rotatable bonds is 2. The third-order valence-corrected chi connectivity index (χ3v) is 3.97. The molecule has 0 aliphatic carbocycles. The van der Waals surface area contributed by atoms with Gasteiger partial charge in [0.15, 0.2) is 0 Å². The maximum Gasteiger partial charge on any atom is 0.135 e. The Labute approximate surface area is 134 Å². The molecule has 0 bridgehead atoms. The Morgan fingerprint density at radius 1 is 0.652 bits per heavy atom. The van der Waals surface area contributed by atoms with Crippen molar-refractivity contribution in [2.45, 2.75) is 0 Å². The van der Waals surface area contributed by atoms with Crippen molar-refractivity contribution in [3.05, 3.63) is 79.1 Å². The standard InChI is InChI=1S/C20H15N3/c21-20-19-17(10-5-11-18(19)22-13-23-20)16-9-4-8-15(12-16)14-6-2-1-3-7-14/h1-13H,(H2,21,22,23). The van der Waals surface area contributed by atoms with E-state index < -0.39 is 0 Å². The summed E-state index contributed by atoms with van der Waals surface area (Å²) in [4.78, 5) is 8.46. The van der Waals surface area contributed by atoms with Crippen molar-refractivity contribution in [2.24, 2.45) is 0 Å². The predicted octanol–water partition coefficient (Wildman–Crippen LogP) is 4.55. The Morgan fingerprint density at radius 2 is 1.39 bits per heavy atom. The van der Waals surface area contributed by atoms with Crippen LogP contribution in [0.4, 0.5) is 5.82 Å². The van der Waals surface area contributed by atoms with Crippen LogP contribution < -0.4 is 5.73 Å². The van der Waals surface area contributed by atoms with Crippen molar-refractivity contribution in [3.63, 3.8) is 0 Å². The van der Waals surface area contributed by atoms with Gasteiger partial charge in [0, 0.05) is 0 Å². The van der Waals surface area contributed by atoms with E-state index in [-0.39, 0.29) is 0 Å². The van der Waals surface area contributed by atoms with E-state index in [0.717, 1.165) is 22.0 Å². The van der Waals surface area contributed by atoms with Crippen molar-refractivity contribution in [3.8, 4) is 22.3 Å². The highest BCUT2D eigenvalue weighted by Crippen LogP contribution is 2.32. The molecule has 3 aromatic carbocycles. The Hall–Kier alpha value is -3.20. The minimum Gasteiger partial charge on any atom is -0.383 e. The maximum atomic E-state index is 6.09. The van der Waals surface area contributed by atoms with E-state index in [4.69, 9.17) is 5.73 Å². The lowest BCUT2D eigenvalue weighted by Crippen LogP contribution is -1.95. The number of fused-ring (bicyclic) bond motifs is 1. The average Bonchev–Trinajstić information content (AvgIpc) is 2.62. The minimum absolute atomic E-state index is 0.510. The maximum absolute atomic E-state index is 6.09. The number of hydrogen-bond acceptors (Lipinski definition) is 3. The number of nitrogens with zero attached hydrogens (tertiary/aromatic N) is 2. The Balaban J connectivity index is 1.93. The molecule has 0 radical (unpaired) electrons. The quantitative estimate of drug-likeness (QED) is 0.590. The monoisotopic (exact) mass is 297 g/mol. The van der Waals surface area contributed by atoms with E-state index in [1.807, 2.05) is 30.3 Å². The molecule has 0 saturated carbocycles. The zero-order valence-electron chi connectivity index (χ0n) is 12.5. The van der Waals surface area contributed by atoms with Gasteiger partial charge in [0.25, 0.3) is 0 Å². The molecule has 1 heterocycles. The zero-order valence-corrected chi connectivity index (χ0v) is 12.5. The first-order valence-corrected chi connectivity index (χ1v) is 7.48. The van der Waals surface area contributed by atoms with Crippen LogP contribution in [0, 0.1) is 0 Å². The average molecular weight is 297 g/mol. The van der Waals surface area contributed by atoms with Gasteiger partial charge in [0.05, 0.1) is 10.9 Å². The Kier molecular flexibility index (Phi) is 3.24. The molecule has 0 aliphatic rings. The second-order valence-electron chi connectivity index (χ2n) is 5.41. The van der Waals surface area contributed by atoms with Gasteiger partial charge < -0.3 is 5.73 Å². The van der Waals surface area contributed by atoms with Crippen LogP contribution in [0.5, 0.6) is 0 Å². The number of nitrogen functional groups attached to an aromatic ring is 1.